The number of rotatable bonds is 4. The molecule has 0 aliphatic heterocycles. The Balaban J connectivity index is 2.67. The first-order chi connectivity index (χ1) is 6.75. The van der Waals surface area contributed by atoms with E-state index >= 15 is 0 Å². The molecule has 0 radical (unpaired) electrons. The fourth-order valence-electron chi connectivity index (χ4n) is 1.06. The molecule has 0 spiro atoms. The Morgan fingerprint density at radius 3 is 3.00 bits per heavy atom. The van der Waals surface area contributed by atoms with Gasteiger partial charge in [-0.2, -0.15) is 0 Å². The number of halogens is 2. The maximum Gasteiger partial charge on any atom is 0.148 e. The van der Waals surface area contributed by atoms with Crippen molar-refractivity contribution in [2.45, 2.75) is 6.92 Å². The Morgan fingerprint density at radius 2 is 2.29 bits per heavy atom. The van der Waals surface area contributed by atoms with E-state index in [2.05, 4.69) is 5.32 Å². The minimum Gasteiger partial charge on any atom is -0.314 e. The molecule has 0 fully saturated rings. The van der Waals surface area contributed by atoms with Gasteiger partial charge in [0.15, 0.2) is 0 Å². The Hall–Kier alpha value is -0.860. The van der Waals surface area contributed by atoms with E-state index in [-0.39, 0.29) is 10.8 Å². The predicted octanol–water partition coefficient (Wildman–Crippen LogP) is 3.10. The van der Waals surface area contributed by atoms with Gasteiger partial charge in [-0.25, -0.2) is 4.39 Å². The van der Waals surface area contributed by atoms with Crippen LogP contribution < -0.4 is 5.32 Å². The van der Waals surface area contributed by atoms with Gasteiger partial charge in [0.05, 0.1) is 5.02 Å². The summed E-state index contributed by atoms with van der Waals surface area (Å²) in [5.41, 5.74) is 0.524. The van der Waals surface area contributed by atoms with Gasteiger partial charge in [0.25, 0.3) is 0 Å². The molecule has 1 N–H and O–H groups in total. The van der Waals surface area contributed by atoms with Crippen LogP contribution in [0.4, 0.5) is 4.39 Å². The highest BCUT2D eigenvalue weighted by atomic mass is 35.5. The van der Waals surface area contributed by atoms with E-state index in [1.807, 2.05) is 13.0 Å². The van der Waals surface area contributed by atoms with Crippen molar-refractivity contribution in [1.29, 1.82) is 0 Å². The molecule has 0 aliphatic carbocycles. The van der Waals surface area contributed by atoms with Crippen LogP contribution in [-0.4, -0.2) is 13.1 Å². The summed E-state index contributed by atoms with van der Waals surface area (Å²) in [4.78, 5) is 0. The first-order valence-corrected chi connectivity index (χ1v) is 4.94. The van der Waals surface area contributed by atoms with Gasteiger partial charge in [-0.1, -0.05) is 42.8 Å². The molecule has 0 amide bonds. The summed E-state index contributed by atoms with van der Waals surface area (Å²) < 4.78 is 13.3. The zero-order valence-corrected chi connectivity index (χ0v) is 8.81. The summed E-state index contributed by atoms with van der Waals surface area (Å²) in [5, 5.41) is 3.27. The minimum atomic E-state index is -0.359. The number of hydrogen-bond acceptors (Lipinski definition) is 1. The lowest BCUT2D eigenvalue weighted by molar-refractivity contribution is 0.625. The molecule has 1 rings (SSSR count). The molecule has 0 saturated heterocycles. The third kappa shape index (κ3) is 3.13. The van der Waals surface area contributed by atoms with Crippen LogP contribution in [0.3, 0.4) is 0 Å². The molecule has 0 bridgehead atoms. The summed E-state index contributed by atoms with van der Waals surface area (Å²) in [5.74, 6) is -0.359. The summed E-state index contributed by atoms with van der Waals surface area (Å²) in [6.07, 6.45) is 3.60. The lowest BCUT2D eigenvalue weighted by Gasteiger charge is -1.98. The van der Waals surface area contributed by atoms with E-state index in [4.69, 9.17) is 11.6 Å². The van der Waals surface area contributed by atoms with Crippen molar-refractivity contribution in [3.8, 4) is 0 Å². The van der Waals surface area contributed by atoms with Crippen molar-refractivity contribution in [3.63, 3.8) is 0 Å². The van der Waals surface area contributed by atoms with Gasteiger partial charge in [0.1, 0.15) is 5.82 Å². The normalized spacial score (nSPS) is 11.1. The number of likely N-dealkylation sites (N-methyl/N-ethyl adjacent to an activating group) is 1. The average molecular weight is 214 g/mol. The van der Waals surface area contributed by atoms with Crippen LogP contribution in [0.15, 0.2) is 24.3 Å². The van der Waals surface area contributed by atoms with E-state index < -0.39 is 0 Å². The second-order valence-corrected chi connectivity index (χ2v) is 3.26. The minimum absolute atomic E-state index is 0.163. The van der Waals surface area contributed by atoms with Gasteiger partial charge in [-0.05, 0) is 12.6 Å². The highest BCUT2D eigenvalue weighted by Crippen LogP contribution is 2.18. The zero-order valence-electron chi connectivity index (χ0n) is 8.06. The first kappa shape index (κ1) is 11.2. The molecule has 1 aromatic carbocycles. The standard InChI is InChI=1S/C11H13ClFN/c1-2-14-8-4-6-9-5-3-7-10(12)11(9)13/h3-7,14H,2,8H2,1H3/b6-4+. The average Bonchev–Trinajstić information content (AvgIpc) is 2.19. The number of benzene rings is 1. The van der Waals surface area contributed by atoms with E-state index in [0.29, 0.717) is 5.56 Å². The Kier molecular flexibility index (Phi) is 4.63. The molecule has 14 heavy (non-hydrogen) atoms. The first-order valence-electron chi connectivity index (χ1n) is 4.57. The fourth-order valence-corrected chi connectivity index (χ4v) is 1.24. The van der Waals surface area contributed by atoms with Gasteiger partial charge in [0.2, 0.25) is 0 Å². The van der Waals surface area contributed by atoms with Crippen LogP contribution in [0.5, 0.6) is 0 Å². The lowest BCUT2D eigenvalue weighted by atomic mass is 10.2. The van der Waals surface area contributed by atoms with Crippen molar-refractivity contribution in [2.24, 2.45) is 0 Å². The molecule has 76 valence electrons. The van der Waals surface area contributed by atoms with Crippen molar-refractivity contribution in [1.82, 2.24) is 5.32 Å². The van der Waals surface area contributed by atoms with Gasteiger partial charge >= 0.3 is 0 Å². The smallest absolute Gasteiger partial charge is 0.148 e. The molecule has 3 heteroatoms. The summed E-state index contributed by atoms with van der Waals surface area (Å²) in [6, 6.07) is 4.97. The van der Waals surface area contributed by atoms with Gasteiger partial charge in [-0.15, -0.1) is 0 Å². The van der Waals surface area contributed by atoms with Gasteiger partial charge in [0, 0.05) is 12.1 Å². The van der Waals surface area contributed by atoms with Crippen molar-refractivity contribution in [2.75, 3.05) is 13.1 Å². The highest BCUT2D eigenvalue weighted by molar-refractivity contribution is 6.30. The fraction of sp³-hybridized carbons (Fsp3) is 0.273. The summed E-state index contributed by atoms with van der Waals surface area (Å²) in [7, 11) is 0. The maximum absolute atomic E-state index is 13.3. The molecular formula is C11H13ClFN. The highest BCUT2D eigenvalue weighted by Gasteiger charge is 2.01. The lowest BCUT2D eigenvalue weighted by Crippen LogP contribution is -2.11. The molecule has 0 aliphatic rings. The second-order valence-electron chi connectivity index (χ2n) is 2.85. The van der Waals surface area contributed by atoms with E-state index in [0.717, 1.165) is 13.1 Å². The van der Waals surface area contributed by atoms with Crippen molar-refractivity contribution in [3.05, 3.63) is 40.7 Å². The number of hydrogen-bond donors (Lipinski definition) is 1. The van der Waals surface area contributed by atoms with Crippen LogP contribution in [0.1, 0.15) is 12.5 Å². The Morgan fingerprint density at radius 1 is 1.50 bits per heavy atom. The van der Waals surface area contributed by atoms with Crippen molar-refractivity contribution >= 4 is 17.7 Å². The zero-order chi connectivity index (χ0) is 10.4. The topological polar surface area (TPSA) is 12.0 Å². The van der Waals surface area contributed by atoms with Gasteiger partial charge < -0.3 is 5.32 Å². The molecule has 0 atom stereocenters. The quantitative estimate of drug-likeness (QED) is 0.758. The number of nitrogens with one attached hydrogen (secondary N) is 1. The monoisotopic (exact) mass is 213 g/mol. The predicted molar refractivity (Wildman–Crippen MR) is 59.0 cm³/mol. The SMILES string of the molecule is CCNC/C=C/c1cccc(Cl)c1F. The van der Waals surface area contributed by atoms with Crippen molar-refractivity contribution < 1.29 is 4.39 Å². The maximum atomic E-state index is 13.3. The molecule has 0 unspecified atom stereocenters. The van der Waals surface area contributed by atoms with Crippen LogP contribution in [0.25, 0.3) is 6.08 Å². The van der Waals surface area contributed by atoms with E-state index in [9.17, 15) is 4.39 Å². The van der Waals surface area contributed by atoms with Crippen LogP contribution in [0.2, 0.25) is 5.02 Å². The Labute approximate surface area is 88.6 Å². The van der Waals surface area contributed by atoms with Crippen LogP contribution in [0, 0.1) is 5.82 Å². The molecule has 0 saturated carbocycles. The summed E-state index contributed by atoms with van der Waals surface area (Å²) in [6.45, 7) is 3.67. The molecule has 1 aromatic rings. The van der Waals surface area contributed by atoms with Crippen LogP contribution >= 0.6 is 11.6 Å². The van der Waals surface area contributed by atoms with E-state index in [1.54, 1.807) is 24.3 Å². The second kappa shape index (κ2) is 5.78. The Bertz CT molecular complexity index is 323. The molecule has 0 aromatic heterocycles. The largest absolute Gasteiger partial charge is 0.314 e. The van der Waals surface area contributed by atoms with Gasteiger partial charge in [-0.3, -0.25) is 0 Å². The molecule has 1 nitrogen and oxygen atoms in total. The van der Waals surface area contributed by atoms with Crippen LogP contribution in [-0.2, 0) is 0 Å². The third-order valence-corrected chi connectivity index (χ3v) is 2.08. The molecule has 0 heterocycles. The molecular weight excluding hydrogens is 201 g/mol. The van der Waals surface area contributed by atoms with E-state index in [1.165, 1.54) is 0 Å². The summed E-state index contributed by atoms with van der Waals surface area (Å²) >= 11 is 5.63. The third-order valence-electron chi connectivity index (χ3n) is 1.79.